The Kier molecular flexibility index (Phi) is 7.79. The number of carbonyl (C=O) groups excluding carboxylic acids is 3. The van der Waals surface area contributed by atoms with Gasteiger partial charge >= 0.3 is 0 Å². The fraction of sp³-hybridized carbons (Fsp3) is 0.304. The minimum atomic E-state index is -0.522. The maximum Gasteiger partial charge on any atom is 0.289 e. The van der Waals surface area contributed by atoms with Crippen LogP contribution in [-0.4, -0.2) is 48.9 Å². The van der Waals surface area contributed by atoms with Gasteiger partial charge in [-0.1, -0.05) is 11.6 Å². The van der Waals surface area contributed by atoms with Crippen LogP contribution in [0.2, 0.25) is 5.02 Å². The normalized spacial score (nSPS) is 13.8. The quantitative estimate of drug-likeness (QED) is 0.509. The van der Waals surface area contributed by atoms with Crippen molar-refractivity contribution in [1.82, 2.24) is 10.2 Å². The minimum absolute atomic E-state index is 0.0513. The lowest BCUT2D eigenvalue weighted by Crippen LogP contribution is -2.42. The van der Waals surface area contributed by atoms with Crippen molar-refractivity contribution in [2.24, 2.45) is 5.92 Å². The topological polar surface area (TPSA) is 80.1 Å². The smallest absolute Gasteiger partial charge is 0.289 e. The molecule has 1 aliphatic heterocycles. The zero-order chi connectivity index (χ0) is 23.1. The van der Waals surface area contributed by atoms with Crippen LogP contribution in [0.25, 0.3) is 4.85 Å². The average molecular weight is 458 g/mol. The van der Waals surface area contributed by atoms with E-state index < -0.39 is 11.7 Å². The van der Waals surface area contributed by atoms with Gasteiger partial charge in [-0.2, -0.15) is 0 Å². The molecule has 0 spiro atoms. The molecule has 0 aromatic heterocycles. The van der Waals surface area contributed by atoms with Gasteiger partial charge in [-0.3, -0.25) is 24.5 Å². The van der Waals surface area contributed by atoms with Gasteiger partial charge in [-0.05, 0) is 55.3 Å². The summed E-state index contributed by atoms with van der Waals surface area (Å²) in [7, 11) is 0. The molecule has 0 saturated carbocycles. The van der Waals surface area contributed by atoms with Crippen molar-refractivity contribution >= 4 is 29.2 Å². The maximum atomic E-state index is 13.1. The van der Waals surface area contributed by atoms with E-state index in [-0.39, 0.29) is 42.2 Å². The van der Waals surface area contributed by atoms with Gasteiger partial charge in [0.25, 0.3) is 18.5 Å². The standard InChI is InChI=1S/C23H21ClFN3O4/c1-26-14-27-23(31)19-12-17(24)4-7-20(19)32-13-21(29)28-10-8-16(9-11-28)22(30)15-2-5-18(25)6-3-15/h2-7,12,16H,8-11,13-14H2,(H,27,31). The number of carbonyl (C=O) groups is 3. The van der Waals surface area contributed by atoms with E-state index in [9.17, 15) is 18.8 Å². The fourth-order valence-corrected chi connectivity index (χ4v) is 3.66. The second-order valence-electron chi connectivity index (χ2n) is 7.28. The average Bonchev–Trinajstić information content (AvgIpc) is 2.81. The number of amides is 2. The van der Waals surface area contributed by atoms with E-state index in [4.69, 9.17) is 22.9 Å². The van der Waals surface area contributed by atoms with Gasteiger partial charge < -0.3 is 9.64 Å². The summed E-state index contributed by atoms with van der Waals surface area (Å²) in [6, 6.07) is 9.91. The summed E-state index contributed by atoms with van der Waals surface area (Å²) in [6.45, 7) is 7.11. The molecule has 1 N–H and O–H groups in total. The van der Waals surface area contributed by atoms with Gasteiger partial charge in [0, 0.05) is 29.6 Å². The molecule has 1 heterocycles. The number of piperidine rings is 1. The molecule has 1 fully saturated rings. The number of nitrogens with zero attached hydrogens (tertiary/aromatic N) is 2. The predicted octanol–water partition coefficient (Wildman–Crippen LogP) is 3.59. The SMILES string of the molecule is [C-]#[N+]CNC(=O)c1cc(Cl)ccc1OCC(=O)N1CCC(C(=O)c2ccc(F)cc2)CC1. The number of Topliss-reactive ketones (excluding diaryl/α,β-unsaturated/α-hetero) is 1. The molecule has 1 saturated heterocycles. The molecule has 0 bridgehead atoms. The van der Waals surface area contributed by atoms with Gasteiger partial charge in [0.1, 0.15) is 11.6 Å². The number of likely N-dealkylation sites (tertiary alicyclic amines) is 1. The third kappa shape index (κ3) is 5.83. The molecule has 0 aliphatic carbocycles. The Labute approximate surface area is 189 Å². The van der Waals surface area contributed by atoms with E-state index in [0.29, 0.717) is 36.5 Å². The first kappa shape index (κ1) is 23.2. The van der Waals surface area contributed by atoms with E-state index >= 15 is 0 Å². The molecule has 166 valence electrons. The molecular formula is C23H21ClFN3O4. The second kappa shape index (κ2) is 10.7. The van der Waals surface area contributed by atoms with Crippen molar-refractivity contribution in [3.8, 4) is 5.75 Å². The summed E-state index contributed by atoms with van der Waals surface area (Å²) in [5.74, 6) is -1.27. The molecule has 7 nitrogen and oxygen atoms in total. The number of halogens is 2. The summed E-state index contributed by atoms with van der Waals surface area (Å²) in [5.41, 5.74) is 0.601. The predicted molar refractivity (Wildman–Crippen MR) is 116 cm³/mol. The van der Waals surface area contributed by atoms with Gasteiger partial charge in [0.2, 0.25) is 0 Å². The monoisotopic (exact) mass is 457 g/mol. The highest BCUT2D eigenvalue weighted by Gasteiger charge is 2.28. The van der Waals surface area contributed by atoms with Crippen LogP contribution in [0.3, 0.4) is 0 Å². The van der Waals surface area contributed by atoms with Gasteiger partial charge in [-0.15, -0.1) is 0 Å². The highest BCUT2D eigenvalue weighted by molar-refractivity contribution is 6.31. The zero-order valence-electron chi connectivity index (χ0n) is 17.1. The van der Waals surface area contributed by atoms with E-state index in [2.05, 4.69) is 10.2 Å². The number of rotatable bonds is 7. The molecule has 1 aliphatic rings. The molecule has 0 radical (unpaired) electrons. The fourth-order valence-electron chi connectivity index (χ4n) is 3.48. The number of hydrogen-bond donors (Lipinski definition) is 1. The van der Waals surface area contributed by atoms with Crippen LogP contribution >= 0.6 is 11.6 Å². The maximum absolute atomic E-state index is 13.1. The molecule has 9 heteroatoms. The summed E-state index contributed by atoms with van der Waals surface area (Å²) in [6.07, 6.45) is 1.01. The third-order valence-electron chi connectivity index (χ3n) is 5.20. The Bertz CT molecular complexity index is 1040. The van der Waals surface area contributed by atoms with Crippen molar-refractivity contribution in [3.63, 3.8) is 0 Å². The Morgan fingerprint density at radius 1 is 1.16 bits per heavy atom. The van der Waals surface area contributed by atoms with Crippen LogP contribution < -0.4 is 10.1 Å². The van der Waals surface area contributed by atoms with Gasteiger partial charge in [0.05, 0.1) is 5.56 Å². The summed E-state index contributed by atoms with van der Waals surface area (Å²) in [4.78, 5) is 42.1. The summed E-state index contributed by atoms with van der Waals surface area (Å²) in [5, 5.41) is 2.74. The Hall–Kier alpha value is -3.44. The Balaban J connectivity index is 1.54. The number of benzene rings is 2. The van der Waals surface area contributed by atoms with Crippen LogP contribution in [0.4, 0.5) is 4.39 Å². The van der Waals surface area contributed by atoms with Gasteiger partial charge in [0.15, 0.2) is 12.4 Å². The van der Waals surface area contributed by atoms with Crippen LogP contribution in [0.15, 0.2) is 42.5 Å². The van der Waals surface area contributed by atoms with Crippen molar-refractivity contribution in [1.29, 1.82) is 0 Å². The number of nitrogens with one attached hydrogen (secondary N) is 1. The van der Waals surface area contributed by atoms with E-state index in [0.717, 1.165) is 0 Å². The molecule has 32 heavy (non-hydrogen) atoms. The number of hydrogen-bond acceptors (Lipinski definition) is 4. The molecule has 0 atom stereocenters. The molecule has 2 amide bonds. The minimum Gasteiger partial charge on any atom is -0.483 e. The molecule has 2 aromatic carbocycles. The summed E-state index contributed by atoms with van der Waals surface area (Å²) < 4.78 is 18.6. The van der Waals surface area contributed by atoms with Crippen LogP contribution in [0.5, 0.6) is 5.75 Å². The molecule has 3 rings (SSSR count). The lowest BCUT2D eigenvalue weighted by atomic mass is 9.89. The molecule has 0 unspecified atom stereocenters. The van der Waals surface area contributed by atoms with Crippen LogP contribution in [0.1, 0.15) is 33.6 Å². The number of ketones is 1. The van der Waals surface area contributed by atoms with E-state index in [1.807, 2.05) is 0 Å². The van der Waals surface area contributed by atoms with Crippen LogP contribution in [0, 0.1) is 18.3 Å². The second-order valence-corrected chi connectivity index (χ2v) is 7.71. The Morgan fingerprint density at radius 3 is 2.50 bits per heavy atom. The third-order valence-corrected chi connectivity index (χ3v) is 5.44. The highest BCUT2D eigenvalue weighted by atomic mass is 35.5. The van der Waals surface area contributed by atoms with Crippen molar-refractivity contribution in [2.45, 2.75) is 12.8 Å². The summed E-state index contributed by atoms with van der Waals surface area (Å²) >= 11 is 5.95. The Morgan fingerprint density at radius 2 is 1.84 bits per heavy atom. The lowest BCUT2D eigenvalue weighted by Gasteiger charge is -2.31. The first-order valence-electron chi connectivity index (χ1n) is 10.0. The molecule has 2 aromatic rings. The zero-order valence-corrected chi connectivity index (χ0v) is 17.9. The number of ether oxygens (including phenoxy) is 1. The van der Waals surface area contributed by atoms with E-state index in [1.54, 1.807) is 11.0 Å². The largest absolute Gasteiger partial charge is 0.483 e. The highest BCUT2D eigenvalue weighted by Crippen LogP contribution is 2.25. The van der Waals surface area contributed by atoms with Crippen molar-refractivity contribution < 1.29 is 23.5 Å². The lowest BCUT2D eigenvalue weighted by molar-refractivity contribution is -0.134. The van der Waals surface area contributed by atoms with E-state index in [1.165, 1.54) is 36.4 Å². The van der Waals surface area contributed by atoms with Crippen molar-refractivity contribution in [3.05, 3.63) is 75.8 Å². The first-order valence-corrected chi connectivity index (χ1v) is 10.4. The van der Waals surface area contributed by atoms with Crippen LogP contribution in [-0.2, 0) is 4.79 Å². The van der Waals surface area contributed by atoms with Crippen molar-refractivity contribution in [2.75, 3.05) is 26.4 Å². The molecular weight excluding hydrogens is 437 g/mol. The van der Waals surface area contributed by atoms with Gasteiger partial charge in [-0.25, -0.2) is 11.0 Å². The first-order chi connectivity index (χ1) is 15.4.